The number of carbonyl (C=O) groups is 1. The van der Waals surface area contributed by atoms with Gasteiger partial charge in [-0.05, 0) is 32.1 Å². The van der Waals surface area contributed by atoms with Gasteiger partial charge in [0.25, 0.3) is 0 Å². The summed E-state index contributed by atoms with van der Waals surface area (Å²) in [6, 6.07) is -0.855. The standard InChI is InChI=1S/C37H73N2O6P/c1-6-8-10-12-14-16-18-19-21-23-25-27-29-31-37(41)38-35(34-45-46(42,43)44-33-32-39(3,4)5)36(40)30-28-26-24-22-20-17-15-13-11-9-7-2/h20,22,28,30,35-36,40H,6-19,21,23-27,29,31-34H2,1-5H3,(H-,38,41,42,43)/p+1/b22-20+,30-28+. The molecule has 0 saturated carbocycles. The van der Waals surface area contributed by atoms with Gasteiger partial charge in [0.05, 0.1) is 39.9 Å². The smallest absolute Gasteiger partial charge is 0.387 e. The first-order valence-corrected chi connectivity index (χ1v) is 20.2. The number of phosphoric acid groups is 1. The molecule has 0 aromatic heterocycles. The monoisotopic (exact) mass is 674 g/mol. The number of aliphatic hydroxyl groups is 1. The van der Waals surface area contributed by atoms with Gasteiger partial charge in [-0.3, -0.25) is 13.8 Å². The van der Waals surface area contributed by atoms with Crippen molar-refractivity contribution in [2.24, 2.45) is 0 Å². The molecule has 0 aliphatic carbocycles. The Kier molecular flexibility index (Phi) is 29.4. The molecule has 3 unspecified atom stereocenters. The van der Waals surface area contributed by atoms with E-state index in [1.54, 1.807) is 6.08 Å². The van der Waals surface area contributed by atoms with Gasteiger partial charge in [-0.2, -0.15) is 0 Å². The summed E-state index contributed by atoms with van der Waals surface area (Å²) >= 11 is 0. The molecule has 3 N–H and O–H groups in total. The molecule has 3 atom stereocenters. The van der Waals surface area contributed by atoms with E-state index < -0.39 is 20.0 Å². The van der Waals surface area contributed by atoms with Gasteiger partial charge in [0, 0.05) is 6.42 Å². The highest BCUT2D eigenvalue weighted by Gasteiger charge is 2.27. The lowest BCUT2D eigenvalue weighted by molar-refractivity contribution is -0.870. The van der Waals surface area contributed by atoms with Crippen LogP contribution in [-0.2, 0) is 18.4 Å². The zero-order valence-electron chi connectivity index (χ0n) is 30.6. The lowest BCUT2D eigenvalue weighted by Crippen LogP contribution is -2.45. The summed E-state index contributed by atoms with van der Waals surface area (Å²) in [5.74, 6) is -0.190. The predicted octanol–water partition coefficient (Wildman–Crippen LogP) is 9.41. The number of phosphoric ester groups is 1. The molecule has 0 aromatic carbocycles. The number of likely N-dealkylation sites (N-methyl/N-ethyl adjacent to an activating group) is 1. The largest absolute Gasteiger partial charge is 0.472 e. The van der Waals surface area contributed by atoms with Gasteiger partial charge >= 0.3 is 7.82 Å². The number of quaternary nitrogens is 1. The summed E-state index contributed by atoms with van der Waals surface area (Å²) < 4.78 is 23.4. The molecule has 0 aliphatic rings. The maximum atomic E-state index is 12.7. The number of nitrogens with one attached hydrogen (secondary N) is 1. The number of hydrogen-bond donors (Lipinski definition) is 3. The highest BCUT2D eigenvalue weighted by molar-refractivity contribution is 7.47. The molecule has 0 bridgehead atoms. The van der Waals surface area contributed by atoms with Crippen LogP contribution >= 0.6 is 7.82 Å². The van der Waals surface area contributed by atoms with E-state index in [2.05, 4.69) is 31.3 Å². The van der Waals surface area contributed by atoms with E-state index in [0.717, 1.165) is 38.5 Å². The molecule has 0 spiro atoms. The number of rotatable bonds is 33. The van der Waals surface area contributed by atoms with Crippen molar-refractivity contribution in [2.45, 2.75) is 167 Å². The van der Waals surface area contributed by atoms with Crippen LogP contribution in [0, 0.1) is 0 Å². The second-order valence-corrected chi connectivity index (χ2v) is 15.4. The van der Waals surface area contributed by atoms with Crippen molar-refractivity contribution in [2.75, 3.05) is 40.9 Å². The summed E-state index contributed by atoms with van der Waals surface area (Å²) in [5.41, 5.74) is 0. The molecule has 9 heteroatoms. The molecule has 272 valence electrons. The van der Waals surface area contributed by atoms with Crippen LogP contribution in [0.15, 0.2) is 24.3 Å². The zero-order valence-corrected chi connectivity index (χ0v) is 31.5. The second kappa shape index (κ2) is 30.1. The third-order valence-corrected chi connectivity index (χ3v) is 9.16. The van der Waals surface area contributed by atoms with E-state index in [0.29, 0.717) is 17.4 Å². The van der Waals surface area contributed by atoms with E-state index in [-0.39, 0.29) is 19.1 Å². The first-order chi connectivity index (χ1) is 22.0. The van der Waals surface area contributed by atoms with Crippen molar-refractivity contribution < 1.29 is 32.9 Å². The summed E-state index contributed by atoms with van der Waals surface area (Å²) in [4.78, 5) is 22.9. The number of unbranched alkanes of at least 4 members (excludes halogenated alkanes) is 18. The molecule has 0 saturated heterocycles. The van der Waals surface area contributed by atoms with Crippen molar-refractivity contribution in [3.8, 4) is 0 Å². The van der Waals surface area contributed by atoms with Crippen LogP contribution in [0.1, 0.15) is 155 Å². The van der Waals surface area contributed by atoms with E-state index >= 15 is 0 Å². The van der Waals surface area contributed by atoms with Crippen molar-refractivity contribution in [3.63, 3.8) is 0 Å². The van der Waals surface area contributed by atoms with E-state index in [4.69, 9.17) is 9.05 Å². The van der Waals surface area contributed by atoms with Crippen LogP contribution in [0.25, 0.3) is 0 Å². The maximum absolute atomic E-state index is 12.7. The van der Waals surface area contributed by atoms with Crippen LogP contribution in [0.5, 0.6) is 0 Å². The molecule has 1 amide bonds. The molecule has 0 radical (unpaired) electrons. The van der Waals surface area contributed by atoms with Crippen LogP contribution in [0.4, 0.5) is 0 Å². The molecule has 0 aromatic rings. The van der Waals surface area contributed by atoms with Gasteiger partial charge in [-0.25, -0.2) is 4.57 Å². The number of nitrogens with zero attached hydrogens (tertiary/aromatic N) is 1. The SMILES string of the molecule is CCCCCCC/C=C/CC/C=C/C(O)C(COP(=O)(O)OCC[N+](C)(C)C)NC(=O)CCCCCCCCCCCCCCC. The fourth-order valence-electron chi connectivity index (χ4n) is 5.11. The van der Waals surface area contributed by atoms with E-state index in [1.165, 1.54) is 96.3 Å². The Hall–Kier alpha value is -1.02. The fourth-order valence-corrected chi connectivity index (χ4v) is 5.85. The highest BCUT2D eigenvalue weighted by atomic mass is 31.2. The normalized spacial score (nSPS) is 15.0. The molecule has 0 aliphatic heterocycles. The molecular formula is C37H74N2O6P+. The topological polar surface area (TPSA) is 105 Å². The number of allylic oxidation sites excluding steroid dienone is 3. The van der Waals surface area contributed by atoms with Crippen LogP contribution in [0.2, 0.25) is 0 Å². The average molecular weight is 674 g/mol. The lowest BCUT2D eigenvalue weighted by atomic mass is 10.0. The van der Waals surface area contributed by atoms with Gasteiger partial charge < -0.3 is 19.8 Å². The first kappa shape index (κ1) is 45.0. The van der Waals surface area contributed by atoms with Crippen molar-refractivity contribution >= 4 is 13.7 Å². The molecule has 46 heavy (non-hydrogen) atoms. The van der Waals surface area contributed by atoms with Crippen LogP contribution in [-0.4, -0.2) is 73.4 Å². The second-order valence-electron chi connectivity index (χ2n) is 13.9. The molecular weight excluding hydrogens is 599 g/mol. The van der Waals surface area contributed by atoms with Crippen molar-refractivity contribution in [1.29, 1.82) is 0 Å². The quantitative estimate of drug-likeness (QED) is 0.0278. The van der Waals surface area contributed by atoms with Crippen LogP contribution < -0.4 is 5.32 Å². The van der Waals surface area contributed by atoms with Gasteiger partial charge in [0.2, 0.25) is 5.91 Å². The summed E-state index contributed by atoms with van der Waals surface area (Å²) in [7, 11) is 1.55. The number of hydrogen-bond acceptors (Lipinski definition) is 5. The van der Waals surface area contributed by atoms with E-state index in [1.807, 2.05) is 27.2 Å². The zero-order chi connectivity index (χ0) is 34.4. The molecule has 0 heterocycles. The molecule has 0 rings (SSSR count). The van der Waals surface area contributed by atoms with Gasteiger partial charge in [-0.1, -0.05) is 141 Å². The third-order valence-electron chi connectivity index (χ3n) is 8.17. The Balaban J connectivity index is 4.58. The Morgan fingerprint density at radius 3 is 1.74 bits per heavy atom. The van der Waals surface area contributed by atoms with Crippen molar-refractivity contribution in [3.05, 3.63) is 24.3 Å². The Bertz CT molecular complexity index is 814. The minimum absolute atomic E-state index is 0.0576. The maximum Gasteiger partial charge on any atom is 0.472 e. The summed E-state index contributed by atoms with van der Waals surface area (Å²) in [5, 5.41) is 13.7. The predicted molar refractivity (Wildman–Crippen MR) is 194 cm³/mol. The number of amides is 1. The summed E-state index contributed by atoms with van der Waals surface area (Å²) in [6.07, 6.45) is 32.4. The fraction of sp³-hybridized carbons (Fsp3) is 0.865. The summed E-state index contributed by atoms with van der Waals surface area (Å²) in [6.45, 7) is 4.74. The third kappa shape index (κ3) is 31.6. The lowest BCUT2D eigenvalue weighted by Gasteiger charge is -2.25. The van der Waals surface area contributed by atoms with Gasteiger partial charge in [-0.15, -0.1) is 0 Å². The average Bonchev–Trinajstić information content (AvgIpc) is 2.99. The molecule has 0 fully saturated rings. The molecule has 8 nitrogen and oxygen atoms in total. The minimum atomic E-state index is -4.33. The van der Waals surface area contributed by atoms with Crippen LogP contribution in [0.3, 0.4) is 0 Å². The number of carbonyl (C=O) groups excluding carboxylic acids is 1. The van der Waals surface area contributed by atoms with E-state index in [9.17, 15) is 19.4 Å². The Labute approximate surface area is 284 Å². The van der Waals surface area contributed by atoms with Crippen molar-refractivity contribution in [1.82, 2.24) is 5.32 Å². The minimum Gasteiger partial charge on any atom is -0.387 e. The number of aliphatic hydroxyl groups excluding tert-OH is 1. The van der Waals surface area contributed by atoms with Gasteiger partial charge in [0.15, 0.2) is 0 Å². The van der Waals surface area contributed by atoms with Gasteiger partial charge in [0.1, 0.15) is 13.2 Å². The Morgan fingerprint density at radius 1 is 0.717 bits per heavy atom. The first-order valence-electron chi connectivity index (χ1n) is 18.7. The Morgan fingerprint density at radius 2 is 1.20 bits per heavy atom. The highest BCUT2D eigenvalue weighted by Crippen LogP contribution is 2.43.